The van der Waals surface area contributed by atoms with E-state index in [0.717, 1.165) is 49.5 Å². The first-order chi connectivity index (χ1) is 13.5. The van der Waals surface area contributed by atoms with E-state index in [4.69, 9.17) is 23.1 Å². The maximum absolute atomic E-state index is 8.50. The van der Waals surface area contributed by atoms with Crippen LogP contribution in [-0.2, 0) is 17.7 Å². The van der Waals surface area contributed by atoms with Crippen LogP contribution >= 0.6 is 0 Å². The molecule has 0 fully saturated rings. The molecule has 168 valence electrons. The molecule has 5 nitrogen and oxygen atoms in total. The summed E-state index contributed by atoms with van der Waals surface area (Å²) in [6, 6.07) is 2.99. The van der Waals surface area contributed by atoms with Crippen LogP contribution in [0.1, 0.15) is 86.5 Å². The first-order valence-corrected chi connectivity index (χ1v) is 15.9. The van der Waals surface area contributed by atoms with Gasteiger partial charge in [-0.05, 0) is 58.7 Å². The van der Waals surface area contributed by atoms with Crippen LogP contribution in [0, 0.1) is 5.41 Å². The zero-order chi connectivity index (χ0) is 21.3. The van der Waals surface area contributed by atoms with Crippen LogP contribution in [0.2, 0.25) is 18.1 Å². The number of hydrogen-bond acceptors (Lipinski definition) is 5. The molecule has 0 bridgehead atoms. The molecule has 0 aliphatic heterocycles. The Morgan fingerprint density at radius 2 is 1.07 bits per heavy atom. The molecule has 0 saturated carbocycles. The van der Waals surface area contributed by atoms with Crippen LogP contribution in [0.3, 0.4) is 0 Å². The van der Waals surface area contributed by atoms with Crippen LogP contribution in [-0.4, -0.2) is 48.9 Å². The molecule has 28 heavy (non-hydrogen) atoms. The quantitative estimate of drug-likeness (QED) is 0.138. The molecule has 0 spiro atoms. The Balaban J connectivity index is 4.09. The third kappa shape index (κ3) is 10.1. The second-order valence-electron chi connectivity index (χ2n) is 7.20. The fourth-order valence-electron chi connectivity index (χ4n) is 3.79. The molecule has 0 aromatic rings. The highest BCUT2D eigenvalue weighted by Crippen LogP contribution is 2.23. The number of hydrogen-bond donors (Lipinski definition) is 1. The Hall–Kier alpha value is -0.0562. The minimum atomic E-state index is -2.44. The third-order valence-corrected chi connectivity index (χ3v) is 12.7. The molecule has 0 heterocycles. The van der Waals surface area contributed by atoms with E-state index >= 15 is 0 Å². The van der Waals surface area contributed by atoms with Gasteiger partial charge < -0.3 is 23.1 Å². The van der Waals surface area contributed by atoms with E-state index in [9.17, 15) is 0 Å². The van der Waals surface area contributed by atoms with Crippen molar-refractivity contribution < 1.29 is 17.7 Å². The first-order valence-electron chi connectivity index (χ1n) is 11.6. The van der Waals surface area contributed by atoms with E-state index in [0.29, 0.717) is 13.2 Å². The predicted molar refractivity (Wildman–Crippen MR) is 124 cm³/mol. The molecule has 0 amide bonds. The molecule has 7 heteroatoms. The maximum atomic E-state index is 8.50. The lowest BCUT2D eigenvalue weighted by Gasteiger charge is -2.29. The van der Waals surface area contributed by atoms with Crippen LogP contribution in [0.4, 0.5) is 0 Å². The van der Waals surface area contributed by atoms with Gasteiger partial charge in [0.25, 0.3) is 0 Å². The van der Waals surface area contributed by atoms with Gasteiger partial charge in [-0.2, -0.15) is 0 Å². The van der Waals surface area contributed by atoms with Gasteiger partial charge in [0.15, 0.2) is 0 Å². The highest BCUT2D eigenvalue weighted by atomic mass is 28.4. The van der Waals surface area contributed by atoms with Crippen molar-refractivity contribution in [1.82, 2.24) is 0 Å². The molecule has 0 atom stereocenters. The summed E-state index contributed by atoms with van der Waals surface area (Å²) in [6.07, 6.45) is 8.02. The molecular formula is C21H47NO4Si2. The maximum Gasteiger partial charge on any atom is 0.386 e. The summed E-state index contributed by atoms with van der Waals surface area (Å²) in [6.45, 7) is 15.2. The summed E-state index contributed by atoms with van der Waals surface area (Å²) in [4.78, 5) is 0. The monoisotopic (exact) mass is 433 g/mol. The minimum Gasteiger partial charge on any atom is -0.394 e. The zero-order valence-electron chi connectivity index (χ0n) is 19.5. The van der Waals surface area contributed by atoms with E-state index in [1.165, 1.54) is 32.1 Å². The first kappa shape index (κ1) is 27.9. The topological polar surface area (TPSA) is 60.8 Å². The number of nitrogens with one attached hydrogen (secondary N) is 1. The van der Waals surface area contributed by atoms with Gasteiger partial charge in [-0.3, -0.25) is 0 Å². The Labute approximate surface area is 176 Å². The summed E-state index contributed by atoms with van der Waals surface area (Å²) in [5, 5.41) is 9.23. The highest BCUT2D eigenvalue weighted by molar-refractivity contribution is 6.97. The molecule has 0 aromatic heterocycles. The lowest BCUT2D eigenvalue weighted by Crippen LogP contribution is -2.50. The van der Waals surface area contributed by atoms with E-state index in [1.807, 2.05) is 13.8 Å². The van der Waals surface area contributed by atoms with Crippen molar-refractivity contribution in [3.8, 4) is 0 Å². The lowest BCUT2D eigenvalue weighted by molar-refractivity contribution is 0.182. The lowest BCUT2D eigenvalue weighted by atomic mass is 10.1. The molecule has 0 saturated heterocycles. The molecule has 1 N–H and O–H groups in total. The van der Waals surface area contributed by atoms with Crippen molar-refractivity contribution >= 4 is 22.5 Å². The van der Waals surface area contributed by atoms with Crippen molar-refractivity contribution in [2.75, 3.05) is 26.4 Å². The van der Waals surface area contributed by atoms with Gasteiger partial charge in [-0.25, -0.2) is 0 Å². The van der Waals surface area contributed by atoms with Gasteiger partial charge in [0, 0.05) is 26.4 Å². The van der Waals surface area contributed by atoms with Gasteiger partial charge in [0.1, 0.15) is 0 Å². The second kappa shape index (κ2) is 16.7. The summed E-state index contributed by atoms with van der Waals surface area (Å²) < 4.78 is 24.0. The molecular weight excluding hydrogens is 386 g/mol. The Morgan fingerprint density at radius 1 is 0.607 bits per heavy atom. The molecule has 0 rings (SSSR count). The van der Waals surface area contributed by atoms with Crippen LogP contribution in [0.5, 0.6) is 0 Å². The third-order valence-electron chi connectivity index (χ3n) is 5.27. The van der Waals surface area contributed by atoms with Crippen LogP contribution < -0.4 is 0 Å². The largest absolute Gasteiger partial charge is 0.394 e. The van der Waals surface area contributed by atoms with Gasteiger partial charge in [0.2, 0.25) is 0 Å². The summed E-state index contributed by atoms with van der Waals surface area (Å²) >= 11 is 0. The van der Waals surface area contributed by atoms with E-state index in [1.54, 1.807) is 0 Å². The fourth-order valence-corrected chi connectivity index (χ4v) is 9.52. The van der Waals surface area contributed by atoms with Crippen molar-refractivity contribution in [3.05, 3.63) is 0 Å². The standard InChI is InChI=1S/C21H47NO4Si2/c1-7-23-27(11-5,24-8-2)20-18-16-14-13-15-17-19-21(22)28(12-6,25-9-3)26-10-4/h22H,7-20H2,1-6H3. The Kier molecular flexibility index (Phi) is 16.7. The van der Waals surface area contributed by atoms with Gasteiger partial charge >= 0.3 is 17.1 Å². The highest BCUT2D eigenvalue weighted by Gasteiger charge is 2.40. The van der Waals surface area contributed by atoms with Crippen LogP contribution in [0.25, 0.3) is 0 Å². The van der Waals surface area contributed by atoms with Crippen molar-refractivity contribution in [2.45, 2.75) is 105 Å². The smallest absolute Gasteiger partial charge is 0.386 e. The van der Waals surface area contributed by atoms with Crippen molar-refractivity contribution in [1.29, 1.82) is 5.41 Å². The minimum absolute atomic E-state index is 0.633. The Morgan fingerprint density at radius 3 is 1.50 bits per heavy atom. The van der Waals surface area contributed by atoms with Gasteiger partial charge in [-0.1, -0.05) is 46.0 Å². The molecule has 0 aliphatic rings. The average Bonchev–Trinajstić information content (AvgIpc) is 2.69. The number of rotatable bonds is 20. The predicted octanol–water partition coefficient (Wildman–Crippen LogP) is 6.35. The Bertz CT molecular complexity index is 385. The van der Waals surface area contributed by atoms with Crippen molar-refractivity contribution in [3.63, 3.8) is 0 Å². The molecule has 0 unspecified atom stereocenters. The average molecular weight is 434 g/mol. The molecule has 0 aliphatic carbocycles. The van der Waals surface area contributed by atoms with Gasteiger partial charge in [0.05, 0.1) is 5.33 Å². The van der Waals surface area contributed by atoms with Gasteiger partial charge in [-0.15, -0.1) is 0 Å². The second-order valence-corrected chi connectivity index (χ2v) is 14.2. The fraction of sp³-hybridized carbons (Fsp3) is 0.952. The normalized spacial score (nSPS) is 12.5. The number of unbranched alkanes of at least 4 members (excludes halogenated alkanes) is 5. The van der Waals surface area contributed by atoms with Crippen LogP contribution in [0.15, 0.2) is 0 Å². The molecule has 0 aromatic carbocycles. The van der Waals surface area contributed by atoms with Crippen molar-refractivity contribution in [2.24, 2.45) is 0 Å². The zero-order valence-corrected chi connectivity index (χ0v) is 21.5. The molecule has 0 radical (unpaired) electrons. The van der Waals surface area contributed by atoms with E-state index < -0.39 is 17.1 Å². The SMILES string of the molecule is CCO[Si](CC)(CCCCCCCCC(=N)[Si](CC)(OCC)OCC)OCC. The summed E-state index contributed by atoms with van der Waals surface area (Å²) in [7, 11) is -4.39. The van der Waals surface area contributed by atoms with E-state index in [2.05, 4.69) is 27.7 Å². The summed E-state index contributed by atoms with van der Waals surface area (Å²) in [5.41, 5.74) is 0. The van der Waals surface area contributed by atoms with E-state index in [-0.39, 0.29) is 0 Å². The summed E-state index contributed by atoms with van der Waals surface area (Å²) in [5.74, 6) is 0.